The molecule has 1 N–H and O–H groups in total. The minimum absolute atomic E-state index is 0.942. The molecule has 0 amide bonds. The van der Waals surface area contributed by atoms with Crippen molar-refractivity contribution in [3.05, 3.63) is 65.0 Å². The zero-order chi connectivity index (χ0) is 13.1. The van der Waals surface area contributed by atoms with Gasteiger partial charge < -0.3 is 5.32 Å². The standard InChI is InChI=1S/C16H19N3/c1-17-9-14-2-3-15-11-19(12-16(15)8-14)10-13-4-6-18-7-5-13/h2-8,17H,9-12H2,1H3. The van der Waals surface area contributed by atoms with E-state index in [1.54, 1.807) is 0 Å². The Morgan fingerprint density at radius 1 is 1.05 bits per heavy atom. The average Bonchev–Trinajstić information content (AvgIpc) is 2.82. The second-order valence-electron chi connectivity index (χ2n) is 5.13. The highest BCUT2D eigenvalue weighted by atomic mass is 15.1. The van der Waals surface area contributed by atoms with Gasteiger partial charge in [0.05, 0.1) is 0 Å². The van der Waals surface area contributed by atoms with Crippen LogP contribution in [0.1, 0.15) is 22.3 Å². The van der Waals surface area contributed by atoms with Gasteiger partial charge in [-0.15, -0.1) is 0 Å². The number of pyridine rings is 1. The van der Waals surface area contributed by atoms with Gasteiger partial charge in [-0.2, -0.15) is 0 Å². The van der Waals surface area contributed by atoms with Gasteiger partial charge in [0.15, 0.2) is 0 Å². The van der Waals surface area contributed by atoms with E-state index in [-0.39, 0.29) is 0 Å². The van der Waals surface area contributed by atoms with Crippen LogP contribution >= 0.6 is 0 Å². The van der Waals surface area contributed by atoms with Crippen LogP contribution in [0.15, 0.2) is 42.7 Å². The van der Waals surface area contributed by atoms with Gasteiger partial charge in [-0.1, -0.05) is 18.2 Å². The number of nitrogens with one attached hydrogen (secondary N) is 1. The first-order valence-electron chi connectivity index (χ1n) is 6.71. The maximum absolute atomic E-state index is 4.07. The van der Waals surface area contributed by atoms with Crippen LogP contribution in [-0.4, -0.2) is 16.9 Å². The molecule has 2 aromatic rings. The summed E-state index contributed by atoms with van der Waals surface area (Å²) in [7, 11) is 1.99. The van der Waals surface area contributed by atoms with E-state index in [2.05, 4.69) is 45.5 Å². The van der Waals surface area contributed by atoms with Crippen LogP contribution in [0, 0.1) is 0 Å². The van der Waals surface area contributed by atoms with E-state index in [4.69, 9.17) is 0 Å². The maximum Gasteiger partial charge on any atom is 0.0271 e. The van der Waals surface area contributed by atoms with Crippen molar-refractivity contribution >= 4 is 0 Å². The van der Waals surface area contributed by atoms with Crippen LogP contribution in [0.25, 0.3) is 0 Å². The summed E-state index contributed by atoms with van der Waals surface area (Å²) in [6.07, 6.45) is 3.73. The fourth-order valence-corrected chi connectivity index (χ4v) is 2.69. The molecule has 0 aliphatic carbocycles. The minimum Gasteiger partial charge on any atom is -0.316 e. The van der Waals surface area contributed by atoms with Crippen molar-refractivity contribution in [2.75, 3.05) is 7.05 Å². The van der Waals surface area contributed by atoms with Crippen molar-refractivity contribution in [2.24, 2.45) is 0 Å². The fourth-order valence-electron chi connectivity index (χ4n) is 2.69. The summed E-state index contributed by atoms with van der Waals surface area (Å²) in [6, 6.07) is 11.0. The molecular formula is C16H19N3. The molecule has 1 aliphatic rings. The lowest BCUT2D eigenvalue weighted by Crippen LogP contribution is -2.15. The van der Waals surface area contributed by atoms with E-state index in [1.807, 2.05) is 19.4 Å². The number of benzene rings is 1. The second-order valence-corrected chi connectivity index (χ2v) is 5.13. The van der Waals surface area contributed by atoms with Gasteiger partial charge in [-0.05, 0) is 41.4 Å². The highest BCUT2D eigenvalue weighted by molar-refractivity contribution is 5.35. The van der Waals surface area contributed by atoms with Gasteiger partial charge in [0, 0.05) is 38.6 Å². The highest BCUT2D eigenvalue weighted by Gasteiger charge is 2.18. The van der Waals surface area contributed by atoms with Crippen LogP contribution in [-0.2, 0) is 26.2 Å². The summed E-state index contributed by atoms with van der Waals surface area (Å²) in [5.74, 6) is 0. The molecule has 0 bridgehead atoms. The summed E-state index contributed by atoms with van der Waals surface area (Å²) < 4.78 is 0. The Balaban J connectivity index is 1.70. The molecule has 0 spiro atoms. The number of nitrogens with zero attached hydrogens (tertiary/aromatic N) is 2. The number of aromatic nitrogens is 1. The van der Waals surface area contributed by atoms with Crippen LogP contribution in [0.4, 0.5) is 0 Å². The molecule has 0 saturated heterocycles. The largest absolute Gasteiger partial charge is 0.316 e. The predicted octanol–water partition coefficient (Wildman–Crippen LogP) is 2.32. The first-order chi connectivity index (χ1) is 9.35. The lowest BCUT2D eigenvalue weighted by atomic mass is 10.1. The van der Waals surface area contributed by atoms with E-state index in [0.29, 0.717) is 0 Å². The SMILES string of the molecule is CNCc1ccc2c(c1)CN(Cc1ccncc1)C2. The Kier molecular flexibility index (Phi) is 3.58. The van der Waals surface area contributed by atoms with Crippen molar-refractivity contribution in [3.8, 4) is 0 Å². The molecule has 3 heteroatoms. The van der Waals surface area contributed by atoms with Gasteiger partial charge in [-0.3, -0.25) is 9.88 Å². The first-order valence-corrected chi connectivity index (χ1v) is 6.71. The molecule has 0 atom stereocenters. The average molecular weight is 253 g/mol. The third-order valence-corrected chi connectivity index (χ3v) is 3.60. The lowest BCUT2D eigenvalue weighted by molar-refractivity contribution is 0.275. The number of hydrogen-bond acceptors (Lipinski definition) is 3. The Hall–Kier alpha value is -1.71. The zero-order valence-corrected chi connectivity index (χ0v) is 11.3. The molecule has 0 fully saturated rings. The molecule has 19 heavy (non-hydrogen) atoms. The first kappa shape index (κ1) is 12.3. The fraction of sp³-hybridized carbons (Fsp3) is 0.312. The van der Waals surface area contributed by atoms with Gasteiger partial charge in [0.25, 0.3) is 0 Å². The quantitative estimate of drug-likeness (QED) is 0.906. The van der Waals surface area contributed by atoms with E-state index < -0.39 is 0 Å². The summed E-state index contributed by atoms with van der Waals surface area (Å²) in [4.78, 5) is 6.54. The molecule has 0 unspecified atom stereocenters. The van der Waals surface area contributed by atoms with Gasteiger partial charge in [0.1, 0.15) is 0 Å². The molecule has 0 radical (unpaired) electrons. The Morgan fingerprint density at radius 3 is 2.63 bits per heavy atom. The zero-order valence-electron chi connectivity index (χ0n) is 11.3. The van der Waals surface area contributed by atoms with Crippen molar-refractivity contribution in [3.63, 3.8) is 0 Å². The third kappa shape index (κ3) is 2.83. The normalized spacial score (nSPS) is 14.6. The van der Waals surface area contributed by atoms with Crippen molar-refractivity contribution in [1.82, 2.24) is 15.2 Å². The lowest BCUT2D eigenvalue weighted by Gasteiger charge is -2.14. The van der Waals surface area contributed by atoms with E-state index in [9.17, 15) is 0 Å². The molecule has 0 saturated carbocycles. The molecule has 3 nitrogen and oxygen atoms in total. The molecule has 2 heterocycles. The van der Waals surface area contributed by atoms with Crippen LogP contribution in [0.5, 0.6) is 0 Å². The van der Waals surface area contributed by atoms with Gasteiger partial charge in [0.2, 0.25) is 0 Å². The van der Waals surface area contributed by atoms with Crippen molar-refractivity contribution in [2.45, 2.75) is 26.2 Å². The van der Waals surface area contributed by atoms with Crippen molar-refractivity contribution in [1.29, 1.82) is 0 Å². The molecule has 1 aromatic heterocycles. The molecule has 1 aromatic carbocycles. The smallest absolute Gasteiger partial charge is 0.0271 e. The van der Waals surface area contributed by atoms with Crippen LogP contribution in [0.3, 0.4) is 0 Å². The van der Waals surface area contributed by atoms with E-state index >= 15 is 0 Å². The number of fused-ring (bicyclic) bond motifs is 1. The number of rotatable bonds is 4. The van der Waals surface area contributed by atoms with Crippen molar-refractivity contribution < 1.29 is 0 Å². The maximum atomic E-state index is 4.07. The van der Waals surface area contributed by atoms with Gasteiger partial charge in [-0.25, -0.2) is 0 Å². The Bertz CT molecular complexity index is 551. The van der Waals surface area contributed by atoms with Gasteiger partial charge >= 0.3 is 0 Å². The summed E-state index contributed by atoms with van der Waals surface area (Å²) >= 11 is 0. The second kappa shape index (κ2) is 5.51. The minimum atomic E-state index is 0.942. The summed E-state index contributed by atoms with van der Waals surface area (Å²) in [5.41, 5.74) is 5.64. The van der Waals surface area contributed by atoms with Crippen LogP contribution < -0.4 is 5.32 Å². The molecular weight excluding hydrogens is 234 g/mol. The topological polar surface area (TPSA) is 28.2 Å². The Morgan fingerprint density at radius 2 is 1.84 bits per heavy atom. The summed E-state index contributed by atoms with van der Waals surface area (Å²) in [5, 5.41) is 3.21. The highest BCUT2D eigenvalue weighted by Crippen LogP contribution is 2.25. The monoisotopic (exact) mass is 253 g/mol. The Labute approximate surface area is 114 Å². The summed E-state index contributed by atoms with van der Waals surface area (Å²) in [6.45, 7) is 4.04. The predicted molar refractivity (Wildman–Crippen MR) is 76.4 cm³/mol. The third-order valence-electron chi connectivity index (χ3n) is 3.60. The van der Waals surface area contributed by atoms with E-state index in [0.717, 1.165) is 26.2 Å². The van der Waals surface area contributed by atoms with E-state index in [1.165, 1.54) is 22.3 Å². The molecule has 3 rings (SSSR count). The van der Waals surface area contributed by atoms with Crippen LogP contribution in [0.2, 0.25) is 0 Å². The number of hydrogen-bond donors (Lipinski definition) is 1. The molecule has 98 valence electrons. The molecule has 1 aliphatic heterocycles.